The summed E-state index contributed by atoms with van der Waals surface area (Å²) in [6, 6.07) is 6.85. The maximum Gasteiger partial charge on any atom is 0.295 e. The topological polar surface area (TPSA) is 143 Å². The van der Waals surface area contributed by atoms with Crippen LogP contribution in [0, 0.1) is 0 Å². The van der Waals surface area contributed by atoms with Crippen molar-refractivity contribution >= 4 is 32.8 Å². The fourth-order valence-electron chi connectivity index (χ4n) is 2.15. The second-order valence-electron chi connectivity index (χ2n) is 4.65. The first-order valence-electron chi connectivity index (χ1n) is 6.22. The van der Waals surface area contributed by atoms with E-state index in [2.05, 4.69) is 0 Å². The van der Waals surface area contributed by atoms with Crippen molar-refractivity contribution in [3.8, 4) is 11.1 Å². The summed E-state index contributed by atoms with van der Waals surface area (Å²) in [5.41, 5.74) is -0.334. The van der Waals surface area contributed by atoms with Crippen LogP contribution in [-0.2, 0) is 20.2 Å². The zero-order chi connectivity index (χ0) is 18.1. The van der Waals surface area contributed by atoms with Crippen molar-refractivity contribution in [2.75, 3.05) is 0 Å². The third kappa shape index (κ3) is 3.41. The average Bonchev–Trinajstić information content (AvgIpc) is 2.51. The van der Waals surface area contributed by atoms with Gasteiger partial charge in [-0.1, -0.05) is 18.2 Å². The van der Waals surface area contributed by atoms with Crippen molar-refractivity contribution in [2.45, 2.75) is 9.79 Å². The minimum atomic E-state index is -4.71. The molecule has 0 aromatic heterocycles. The van der Waals surface area contributed by atoms with E-state index in [9.17, 15) is 26.4 Å². The summed E-state index contributed by atoms with van der Waals surface area (Å²) in [6.07, 6.45) is 0.382. The molecule has 0 aliphatic carbocycles. The number of carbonyl (C=O) groups is 2. The molecule has 0 fully saturated rings. The van der Waals surface area contributed by atoms with E-state index in [1.54, 1.807) is 0 Å². The summed E-state index contributed by atoms with van der Waals surface area (Å²) < 4.78 is 62.6. The van der Waals surface area contributed by atoms with Gasteiger partial charge in [0.2, 0.25) is 0 Å². The van der Waals surface area contributed by atoms with Crippen LogP contribution in [0.25, 0.3) is 11.1 Å². The molecule has 0 radical (unpaired) electrons. The van der Waals surface area contributed by atoms with Gasteiger partial charge in [-0.3, -0.25) is 18.7 Å². The summed E-state index contributed by atoms with van der Waals surface area (Å²) in [5, 5.41) is 0. The largest absolute Gasteiger partial charge is 0.298 e. The molecule has 0 aliphatic heterocycles. The number of carbonyl (C=O) groups excluding carboxylic acids is 2. The number of hydrogen-bond acceptors (Lipinski definition) is 6. The van der Waals surface area contributed by atoms with Crippen LogP contribution in [0.1, 0.15) is 20.7 Å². The number of hydrogen-bond donors (Lipinski definition) is 2. The molecule has 2 N–H and O–H groups in total. The zero-order valence-corrected chi connectivity index (χ0v) is 13.4. The minimum Gasteiger partial charge on any atom is -0.298 e. The molecule has 10 heteroatoms. The second kappa shape index (κ2) is 6.24. The molecule has 0 amide bonds. The molecule has 0 saturated carbocycles. The first kappa shape index (κ1) is 17.9. The lowest BCUT2D eigenvalue weighted by Gasteiger charge is -2.10. The van der Waals surface area contributed by atoms with Crippen molar-refractivity contribution in [1.82, 2.24) is 0 Å². The van der Waals surface area contributed by atoms with Gasteiger partial charge in [0.1, 0.15) is 4.90 Å². The van der Waals surface area contributed by atoms with Crippen LogP contribution in [0.4, 0.5) is 0 Å². The Morgan fingerprint density at radius 1 is 0.708 bits per heavy atom. The molecule has 0 atom stereocenters. The van der Waals surface area contributed by atoms with Gasteiger partial charge in [-0.05, 0) is 29.3 Å². The Balaban J connectivity index is 2.72. The summed E-state index contributed by atoms with van der Waals surface area (Å²) in [5.74, 6) is 0. The maximum absolute atomic E-state index is 11.3. The number of aldehydes is 2. The van der Waals surface area contributed by atoms with Crippen LogP contribution >= 0.6 is 0 Å². The number of benzene rings is 2. The van der Waals surface area contributed by atoms with Crippen molar-refractivity contribution in [1.29, 1.82) is 0 Å². The van der Waals surface area contributed by atoms with Crippen molar-refractivity contribution in [3.63, 3.8) is 0 Å². The quantitative estimate of drug-likeness (QED) is 0.595. The van der Waals surface area contributed by atoms with Crippen molar-refractivity contribution in [3.05, 3.63) is 47.5 Å². The lowest BCUT2D eigenvalue weighted by atomic mass is 9.96. The Hall–Kier alpha value is -2.40. The molecule has 2 aromatic carbocycles. The van der Waals surface area contributed by atoms with E-state index in [1.807, 2.05) is 0 Å². The van der Waals surface area contributed by atoms with Gasteiger partial charge in [0, 0.05) is 11.1 Å². The fraction of sp³-hybridized carbons (Fsp3) is 0. The normalized spacial score (nSPS) is 11.9. The lowest BCUT2D eigenvalue weighted by Crippen LogP contribution is -2.07. The van der Waals surface area contributed by atoms with Gasteiger partial charge >= 0.3 is 0 Å². The summed E-state index contributed by atoms with van der Waals surface area (Å²) in [4.78, 5) is 21.4. The summed E-state index contributed by atoms with van der Waals surface area (Å²) in [7, 11) is -9.10. The van der Waals surface area contributed by atoms with Gasteiger partial charge < -0.3 is 0 Å². The Bertz CT molecular complexity index is 1020. The van der Waals surface area contributed by atoms with E-state index < -0.39 is 30.7 Å². The van der Waals surface area contributed by atoms with Crippen LogP contribution in [0.2, 0.25) is 0 Å². The smallest absolute Gasteiger partial charge is 0.295 e. The van der Waals surface area contributed by atoms with E-state index in [1.165, 1.54) is 18.2 Å². The standard InChI is InChI=1S/C14H10O8S2/c15-7-12-11(5-6-14(13(12)8-16)24(20,21)22)9-1-3-10(4-2-9)23(17,18)19/h1-8H,(H,17,18,19)(H,20,21,22). The molecule has 0 unspecified atom stereocenters. The highest BCUT2D eigenvalue weighted by Gasteiger charge is 2.21. The van der Waals surface area contributed by atoms with Crippen molar-refractivity contribution in [2.24, 2.45) is 0 Å². The monoisotopic (exact) mass is 370 g/mol. The van der Waals surface area contributed by atoms with Crippen LogP contribution in [-0.4, -0.2) is 38.5 Å². The highest BCUT2D eigenvalue weighted by Crippen LogP contribution is 2.29. The molecule has 0 aliphatic rings. The third-order valence-electron chi connectivity index (χ3n) is 3.22. The van der Waals surface area contributed by atoms with E-state index in [4.69, 9.17) is 9.11 Å². The van der Waals surface area contributed by atoms with Crippen LogP contribution in [0.15, 0.2) is 46.2 Å². The van der Waals surface area contributed by atoms with Gasteiger partial charge in [-0.15, -0.1) is 0 Å². The SMILES string of the molecule is O=Cc1c(-c2ccc(S(=O)(=O)O)cc2)ccc(S(=O)(=O)O)c1C=O. The summed E-state index contributed by atoms with van der Waals surface area (Å²) in [6.45, 7) is 0. The second-order valence-corrected chi connectivity index (χ2v) is 7.46. The van der Waals surface area contributed by atoms with Crippen molar-refractivity contribution < 1.29 is 35.5 Å². The van der Waals surface area contributed by atoms with E-state index in [-0.39, 0.29) is 28.6 Å². The maximum atomic E-state index is 11.3. The summed E-state index contributed by atoms with van der Waals surface area (Å²) >= 11 is 0. The fourth-order valence-corrected chi connectivity index (χ4v) is 3.30. The Labute approximate surface area is 137 Å². The van der Waals surface area contributed by atoms with Gasteiger partial charge in [0.05, 0.1) is 4.90 Å². The van der Waals surface area contributed by atoms with Crippen LogP contribution in [0.5, 0.6) is 0 Å². The first-order chi connectivity index (χ1) is 11.1. The molecule has 2 rings (SSSR count). The highest BCUT2D eigenvalue weighted by molar-refractivity contribution is 7.86. The molecule has 2 aromatic rings. The van der Waals surface area contributed by atoms with E-state index >= 15 is 0 Å². The molecule has 0 saturated heterocycles. The predicted octanol–water partition coefficient (Wildman–Crippen LogP) is 1.47. The van der Waals surface area contributed by atoms with Gasteiger partial charge in [-0.2, -0.15) is 16.8 Å². The van der Waals surface area contributed by atoms with Gasteiger partial charge in [-0.25, -0.2) is 0 Å². The number of rotatable bonds is 5. The lowest BCUT2D eigenvalue weighted by molar-refractivity contribution is 0.109. The van der Waals surface area contributed by atoms with Crippen LogP contribution < -0.4 is 0 Å². The molecular weight excluding hydrogens is 360 g/mol. The third-order valence-corrected chi connectivity index (χ3v) is 5.00. The Kier molecular flexibility index (Phi) is 4.67. The molecule has 0 heterocycles. The molecule has 0 spiro atoms. The van der Waals surface area contributed by atoms with E-state index in [0.29, 0.717) is 5.56 Å². The molecule has 126 valence electrons. The minimum absolute atomic E-state index is 0.128. The van der Waals surface area contributed by atoms with E-state index in [0.717, 1.165) is 18.2 Å². The first-order valence-corrected chi connectivity index (χ1v) is 9.10. The Morgan fingerprint density at radius 2 is 1.25 bits per heavy atom. The Morgan fingerprint density at radius 3 is 1.67 bits per heavy atom. The average molecular weight is 370 g/mol. The molecule has 0 bridgehead atoms. The molecular formula is C14H10O8S2. The van der Waals surface area contributed by atoms with Gasteiger partial charge in [0.15, 0.2) is 12.6 Å². The predicted molar refractivity (Wildman–Crippen MR) is 82.3 cm³/mol. The molecule has 8 nitrogen and oxygen atoms in total. The van der Waals surface area contributed by atoms with Gasteiger partial charge in [0.25, 0.3) is 20.2 Å². The highest BCUT2D eigenvalue weighted by atomic mass is 32.2. The zero-order valence-electron chi connectivity index (χ0n) is 11.8. The van der Waals surface area contributed by atoms with Crippen LogP contribution in [0.3, 0.4) is 0 Å². The molecule has 24 heavy (non-hydrogen) atoms.